The van der Waals surface area contributed by atoms with Crippen LogP contribution in [0, 0.1) is 11.8 Å². The van der Waals surface area contributed by atoms with Gasteiger partial charge in [0, 0.05) is 47.4 Å². The van der Waals surface area contributed by atoms with Gasteiger partial charge in [0.05, 0.1) is 34.9 Å². The standard InChI is InChI=1S/C37H41Cl2N7O2/c1-47-32-18-28-31(19-33(32)48-14-4-13-46-11-2-3-12-46)43-36(40)37(28)20-24(21-37)23-5-6-25(15-23)42-35-27-17-30(39)29(38)16-26(27)34(44-45-35)22-7-9-41-10-8-22/h7-10,16-19,23-25H,2-6,11-15,20-21H2,1H3,(H2,40,43)(H,42,45). The van der Waals surface area contributed by atoms with E-state index >= 15 is 0 Å². The van der Waals surface area contributed by atoms with Crippen molar-refractivity contribution < 1.29 is 9.47 Å². The Labute approximate surface area is 291 Å². The van der Waals surface area contributed by atoms with E-state index in [4.69, 9.17) is 43.4 Å². The molecule has 9 nitrogen and oxygen atoms in total. The lowest BCUT2D eigenvalue weighted by atomic mass is 9.55. The summed E-state index contributed by atoms with van der Waals surface area (Å²) in [6, 6.07) is 12.1. The first-order chi connectivity index (χ1) is 23.4. The van der Waals surface area contributed by atoms with Crippen LogP contribution in [-0.2, 0) is 5.41 Å². The zero-order valence-corrected chi connectivity index (χ0v) is 28.7. The van der Waals surface area contributed by atoms with Gasteiger partial charge >= 0.3 is 0 Å². The van der Waals surface area contributed by atoms with Crippen LogP contribution in [0.2, 0.25) is 10.0 Å². The number of rotatable bonds is 10. The number of methoxy groups -OCH3 is 1. The number of pyridine rings is 1. The minimum absolute atomic E-state index is 0.215. The number of aromatic nitrogens is 3. The predicted molar refractivity (Wildman–Crippen MR) is 192 cm³/mol. The molecule has 3 fully saturated rings. The number of halogens is 2. The third-order valence-corrected chi connectivity index (χ3v) is 11.8. The summed E-state index contributed by atoms with van der Waals surface area (Å²) >= 11 is 13.0. The number of benzene rings is 2. The van der Waals surface area contributed by atoms with Gasteiger partial charge in [0.25, 0.3) is 0 Å². The molecule has 2 aliphatic carbocycles. The van der Waals surface area contributed by atoms with Gasteiger partial charge in [-0.25, -0.2) is 4.99 Å². The Balaban J connectivity index is 0.934. The molecule has 48 heavy (non-hydrogen) atoms. The van der Waals surface area contributed by atoms with E-state index in [-0.39, 0.29) is 11.5 Å². The van der Waals surface area contributed by atoms with Crippen molar-refractivity contribution >= 4 is 51.3 Å². The maximum absolute atomic E-state index is 6.69. The van der Waals surface area contributed by atoms with E-state index in [0.717, 1.165) is 95.9 Å². The third kappa shape index (κ3) is 5.73. The largest absolute Gasteiger partial charge is 0.493 e. The predicted octanol–water partition coefficient (Wildman–Crippen LogP) is 7.80. The molecule has 2 saturated carbocycles. The van der Waals surface area contributed by atoms with E-state index in [1.807, 2.05) is 30.3 Å². The van der Waals surface area contributed by atoms with E-state index < -0.39 is 0 Å². The second-order valence-corrected chi connectivity index (χ2v) is 14.7. The molecule has 2 aliphatic heterocycles. The summed E-state index contributed by atoms with van der Waals surface area (Å²) < 4.78 is 12.0. The van der Waals surface area contributed by atoms with Crippen molar-refractivity contribution in [3.63, 3.8) is 0 Å². The zero-order valence-electron chi connectivity index (χ0n) is 27.2. The van der Waals surface area contributed by atoms with Crippen molar-refractivity contribution in [3.05, 3.63) is 64.4 Å². The first-order valence-electron chi connectivity index (χ1n) is 17.2. The maximum atomic E-state index is 6.69. The highest BCUT2D eigenvalue weighted by atomic mass is 35.5. The number of hydrogen-bond acceptors (Lipinski definition) is 9. The summed E-state index contributed by atoms with van der Waals surface area (Å²) in [7, 11) is 1.71. The molecule has 4 aromatic rings. The van der Waals surface area contributed by atoms with Crippen molar-refractivity contribution in [2.24, 2.45) is 22.6 Å². The lowest BCUT2D eigenvalue weighted by Crippen LogP contribution is -2.51. The van der Waals surface area contributed by atoms with E-state index in [1.54, 1.807) is 19.5 Å². The fourth-order valence-electron chi connectivity index (χ4n) is 8.49. The average Bonchev–Trinajstić information content (AvgIpc) is 3.82. The van der Waals surface area contributed by atoms with E-state index in [9.17, 15) is 0 Å². The minimum Gasteiger partial charge on any atom is -0.493 e. The minimum atomic E-state index is -0.215. The van der Waals surface area contributed by atoms with Crippen molar-refractivity contribution in [1.29, 1.82) is 0 Å². The molecule has 2 aromatic heterocycles. The highest BCUT2D eigenvalue weighted by molar-refractivity contribution is 6.43. The number of nitrogens with two attached hydrogens (primary N) is 1. The summed E-state index contributed by atoms with van der Waals surface area (Å²) in [4.78, 5) is 11.5. The van der Waals surface area contributed by atoms with Gasteiger partial charge in [-0.15, -0.1) is 10.2 Å². The molecule has 0 radical (unpaired) electrons. The Morgan fingerprint density at radius 2 is 1.73 bits per heavy atom. The molecule has 4 aliphatic rings. The number of anilines is 1. The van der Waals surface area contributed by atoms with Gasteiger partial charge in [0.1, 0.15) is 11.5 Å². The van der Waals surface area contributed by atoms with Crippen LogP contribution in [0.15, 0.2) is 53.8 Å². The molecular formula is C37H41Cl2N7O2. The normalized spacial score (nSPS) is 24.9. The number of fused-ring (bicyclic) bond motifs is 3. The fourth-order valence-corrected chi connectivity index (χ4v) is 8.82. The van der Waals surface area contributed by atoms with E-state index in [1.165, 1.54) is 31.5 Å². The lowest BCUT2D eigenvalue weighted by Gasteiger charge is -2.48. The Bertz CT molecular complexity index is 1860. The number of ether oxygens (including phenoxy) is 2. The monoisotopic (exact) mass is 685 g/mol. The number of aliphatic imine (C=N–C) groups is 1. The van der Waals surface area contributed by atoms with E-state index in [2.05, 4.69) is 31.5 Å². The van der Waals surface area contributed by atoms with E-state index in [0.29, 0.717) is 28.5 Å². The molecule has 4 heterocycles. The van der Waals surface area contributed by atoms with Crippen LogP contribution in [0.25, 0.3) is 22.0 Å². The Morgan fingerprint density at radius 1 is 0.958 bits per heavy atom. The van der Waals surface area contributed by atoms with Gasteiger partial charge in [0.15, 0.2) is 17.3 Å². The Kier molecular flexibility index (Phi) is 8.55. The van der Waals surface area contributed by atoms with Crippen LogP contribution in [-0.4, -0.2) is 65.3 Å². The first kappa shape index (κ1) is 31.6. The molecule has 2 unspecified atom stereocenters. The van der Waals surface area contributed by atoms with Crippen LogP contribution in [0.1, 0.15) is 56.9 Å². The second kappa shape index (κ2) is 13.0. The van der Waals surface area contributed by atoms with Gasteiger partial charge < -0.3 is 25.4 Å². The highest BCUT2D eigenvalue weighted by Crippen LogP contribution is 2.59. The molecule has 2 aromatic carbocycles. The first-order valence-corrected chi connectivity index (χ1v) is 17.9. The van der Waals surface area contributed by atoms with Gasteiger partial charge in [-0.3, -0.25) is 4.98 Å². The summed E-state index contributed by atoms with van der Waals surface area (Å²) in [5.41, 5.74) is 10.3. The topological polar surface area (TPSA) is 111 Å². The van der Waals surface area contributed by atoms with Crippen molar-refractivity contribution in [1.82, 2.24) is 20.1 Å². The van der Waals surface area contributed by atoms with Gasteiger partial charge in [-0.1, -0.05) is 23.2 Å². The SMILES string of the molecule is COc1cc2c(cc1OCCCN1CCCC1)N=C(N)C21CC(C2CCC(Nc3nnc(-c4ccncc4)c4cc(Cl)c(Cl)cc34)C2)C1. The van der Waals surface area contributed by atoms with Crippen molar-refractivity contribution in [2.75, 3.05) is 38.7 Å². The second-order valence-electron chi connectivity index (χ2n) is 13.9. The van der Waals surface area contributed by atoms with Crippen LogP contribution in [0.5, 0.6) is 11.5 Å². The molecule has 3 N–H and O–H groups in total. The lowest BCUT2D eigenvalue weighted by molar-refractivity contribution is 0.138. The molecular weight excluding hydrogens is 645 g/mol. The third-order valence-electron chi connectivity index (χ3n) is 11.1. The van der Waals surface area contributed by atoms with Crippen LogP contribution in [0.3, 0.4) is 0 Å². The molecule has 0 bridgehead atoms. The number of amidine groups is 1. The number of nitrogens with one attached hydrogen (secondary N) is 1. The molecule has 8 rings (SSSR count). The number of hydrogen-bond donors (Lipinski definition) is 2. The molecule has 2 atom stereocenters. The van der Waals surface area contributed by atoms with Gasteiger partial charge in [-0.2, -0.15) is 0 Å². The van der Waals surface area contributed by atoms with Crippen molar-refractivity contribution in [2.45, 2.75) is 62.8 Å². The highest BCUT2D eigenvalue weighted by Gasteiger charge is 2.55. The molecule has 0 amide bonds. The average molecular weight is 687 g/mol. The summed E-state index contributed by atoms with van der Waals surface area (Å²) in [5.74, 6) is 4.14. The Morgan fingerprint density at radius 3 is 2.50 bits per heavy atom. The Hall–Kier alpha value is -3.66. The number of likely N-dealkylation sites (tertiary alicyclic amines) is 1. The number of nitrogens with zero attached hydrogens (tertiary/aromatic N) is 5. The zero-order chi connectivity index (χ0) is 32.8. The molecule has 250 valence electrons. The summed E-state index contributed by atoms with van der Waals surface area (Å²) in [6.45, 7) is 4.14. The summed E-state index contributed by atoms with van der Waals surface area (Å²) in [5, 5.41) is 15.8. The van der Waals surface area contributed by atoms with Crippen molar-refractivity contribution in [3.8, 4) is 22.8 Å². The van der Waals surface area contributed by atoms with Gasteiger partial charge in [0.2, 0.25) is 0 Å². The quantitative estimate of drug-likeness (QED) is 0.163. The van der Waals surface area contributed by atoms with Gasteiger partial charge in [-0.05, 0) is 112 Å². The summed E-state index contributed by atoms with van der Waals surface area (Å²) in [6.07, 6.45) is 12.4. The maximum Gasteiger partial charge on any atom is 0.163 e. The fraction of sp³-hybridized carbons (Fsp3) is 0.459. The molecule has 11 heteroatoms. The van der Waals surface area contributed by atoms with Crippen LogP contribution in [0.4, 0.5) is 11.5 Å². The molecule has 1 spiro atoms. The molecule has 1 saturated heterocycles. The van der Waals surface area contributed by atoms with Crippen LogP contribution < -0.4 is 20.5 Å². The van der Waals surface area contributed by atoms with Crippen LogP contribution >= 0.6 is 23.2 Å². The smallest absolute Gasteiger partial charge is 0.163 e.